The zero-order valence-corrected chi connectivity index (χ0v) is 12.5. The Balaban J connectivity index is 1.77. The highest BCUT2D eigenvalue weighted by molar-refractivity contribution is 5.76. The van der Waals surface area contributed by atoms with Gasteiger partial charge in [-0.3, -0.25) is 4.79 Å². The molecule has 2 aromatic carbocycles. The quantitative estimate of drug-likeness (QED) is 0.881. The molecule has 0 bridgehead atoms. The first-order valence-electron chi connectivity index (χ1n) is 7.36. The van der Waals surface area contributed by atoms with E-state index >= 15 is 0 Å². The summed E-state index contributed by atoms with van der Waals surface area (Å²) in [5, 5.41) is 3.20. The summed E-state index contributed by atoms with van der Waals surface area (Å²) in [6, 6.07) is 15.8. The summed E-state index contributed by atoms with van der Waals surface area (Å²) in [6.45, 7) is 1.17. The maximum Gasteiger partial charge on any atom is 0.323 e. The highest BCUT2D eigenvalue weighted by atomic mass is 16.5. The van der Waals surface area contributed by atoms with Gasteiger partial charge in [0.15, 0.2) is 0 Å². The molecule has 0 amide bonds. The van der Waals surface area contributed by atoms with E-state index in [9.17, 15) is 4.79 Å². The summed E-state index contributed by atoms with van der Waals surface area (Å²) in [6.07, 6.45) is 0.590. The number of ether oxygens (including phenoxy) is 2. The highest BCUT2D eigenvalue weighted by Crippen LogP contribution is 2.28. The van der Waals surface area contributed by atoms with Crippen LogP contribution in [0.4, 0.5) is 0 Å². The molecule has 4 heteroatoms. The normalized spacial score (nSPS) is 16.7. The van der Waals surface area contributed by atoms with Crippen LogP contribution in [-0.2, 0) is 29.1 Å². The second kappa shape index (κ2) is 6.62. The molecular weight excluding hydrogens is 278 g/mol. The van der Waals surface area contributed by atoms with Crippen LogP contribution in [-0.4, -0.2) is 19.1 Å². The van der Waals surface area contributed by atoms with Crippen molar-refractivity contribution in [2.45, 2.75) is 25.6 Å². The Labute approximate surface area is 130 Å². The molecule has 0 fully saturated rings. The summed E-state index contributed by atoms with van der Waals surface area (Å²) in [7, 11) is 1.41. The van der Waals surface area contributed by atoms with Crippen molar-refractivity contribution >= 4 is 5.97 Å². The number of hydrogen-bond donors (Lipinski definition) is 1. The van der Waals surface area contributed by atoms with E-state index in [0.717, 1.165) is 16.9 Å². The van der Waals surface area contributed by atoms with Gasteiger partial charge in [-0.1, -0.05) is 42.5 Å². The van der Waals surface area contributed by atoms with Gasteiger partial charge >= 0.3 is 5.97 Å². The van der Waals surface area contributed by atoms with Crippen molar-refractivity contribution in [3.05, 3.63) is 65.2 Å². The third kappa shape index (κ3) is 3.12. The minimum atomic E-state index is -0.307. The molecule has 0 saturated heterocycles. The molecule has 2 aromatic rings. The number of nitrogens with one attached hydrogen (secondary N) is 1. The maximum atomic E-state index is 11.7. The average molecular weight is 297 g/mol. The molecule has 1 aliphatic rings. The molecule has 0 radical (unpaired) electrons. The Bertz CT molecular complexity index is 655. The number of esters is 1. The number of hydrogen-bond acceptors (Lipinski definition) is 4. The van der Waals surface area contributed by atoms with Crippen LogP contribution in [0.15, 0.2) is 48.5 Å². The third-order valence-electron chi connectivity index (χ3n) is 3.90. The molecule has 22 heavy (non-hydrogen) atoms. The molecule has 1 aliphatic heterocycles. The van der Waals surface area contributed by atoms with E-state index in [0.29, 0.717) is 19.6 Å². The Morgan fingerprint density at radius 1 is 1.18 bits per heavy atom. The van der Waals surface area contributed by atoms with Crippen molar-refractivity contribution in [2.75, 3.05) is 7.11 Å². The molecule has 3 rings (SSSR count). The fourth-order valence-corrected chi connectivity index (χ4v) is 2.70. The molecule has 0 saturated carbocycles. The number of carbonyl (C=O) groups is 1. The van der Waals surface area contributed by atoms with E-state index in [1.54, 1.807) is 0 Å². The number of carbonyl (C=O) groups excluding carboxylic acids is 1. The van der Waals surface area contributed by atoms with Gasteiger partial charge < -0.3 is 14.8 Å². The molecule has 1 N–H and O–H groups in total. The first-order chi connectivity index (χ1) is 10.8. The van der Waals surface area contributed by atoms with Crippen LogP contribution in [0.3, 0.4) is 0 Å². The largest absolute Gasteiger partial charge is 0.489 e. The Hall–Kier alpha value is -2.33. The fraction of sp³-hybridized carbons (Fsp3) is 0.278. The van der Waals surface area contributed by atoms with Crippen molar-refractivity contribution < 1.29 is 14.3 Å². The number of benzene rings is 2. The van der Waals surface area contributed by atoms with Gasteiger partial charge in [0.05, 0.1) is 7.11 Å². The molecule has 0 aliphatic carbocycles. The van der Waals surface area contributed by atoms with Gasteiger partial charge in [0, 0.05) is 18.5 Å². The smallest absolute Gasteiger partial charge is 0.323 e. The average Bonchev–Trinajstić information content (AvgIpc) is 2.59. The Kier molecular flexibility index (Phi) is 4.39. The van der Waals surface area contributed by atoms with Crippen molar-refractivity contribution in [1.29, 1.82) is 0 Å². The molecule has 0 aromatic heterocycles. The predicted molar refractivity (Wildman–Crippen MR) is 83.6 cm³/mol. The van der Waals surface area contributed by atoms with E-state index in [-0.39, 0.29) is 12.0 Å². The second-order valence-electron chi connectivity index (χ2n) is 5.33. The van der Waals surface area contributed by atoms with Crippen LogP contribution in [0.25, 0.3) is 0 Å². The summed E-state index contributed by atoms with van der Waals surface area (Å²) in [4.78, 5) is 11.7. The summed E-state index contributed by atoms with van der Waals surface area (Å²) >= 11 is 0. The molecule has 114 valence electrons. The van der Waals surface area contributed by atoms with Gasteiger partial charge in [0.25, 0.3) is 0 Å². The predicted octanol–water partition coefficient (Wildman–Crippen LogP) is 2.45. The van der Waals surface area contributed by atoms with Crippen LogP contribution in [0.1, 0.15) is 16.7 Å². The topological polar surface area (TPSA) is 47.6 Å². The first-order valence-corrected chi connectivity index (χ1v) is 7.36. The lowest BCUT2D eigenvalue weighted by Crippen LogP contribution is -2.42. The number of methoxy groups -OCH3 is 1. The van der Waals surface area contributed by atoms with Crippen molar-refractivity contribution in [1.82, 2.24) is 5.32 Å². The van der Waals surface area contributed by atoms with E-state index in [1.807, 2.05) is 42.5 Å². The van der Waals surface area contributed by atoms with Crippen molar-refractivity contribution in [3.63, 3.8) is 0 Å². The van der Waals surface area contributed by atoms with Gasteiger partial charge in [-0.25, -0.2) is 0 Å². The lowest BCUT2D eigenvalue weighted by atomic mass is 9.95. The molecule has 4 nitrogen and oxygen atoms in total. The summed E-state index contributed by atoms with van der Waals surface area (Å²) in [5.74, 6) is 0.611. The molecule has 1 atom stereocenters. The van der Waals surface area contributed by atoms with Gasteiger partial charge in [-0.05, 0) is 17.2 Å². The van der Waals surface area contributed by atoms with E-state index in [2.05, 4.69) is 11.4 Å². The zero-order chi connectivity index (χ0) is 15.4. The van der Waals surface area contributed by atoms with Gasteiger partial charge in [0.1, 0.15) is 18.4 Å². The van der Waals surface area contributed by atoms with Gasteiger partial charge in [-0.2, -0.15) is 0 Å². The van der Waals surface area contributed by atoms with Crippen LogP contribution < -0.4 is 10.1 Å². The van der Waals surface area contributed by atoms with Crippen LogP contribution in [0.5, 0.6) is 5.75 Å². The lowest BCUT2D eigenvalue weighted by molar-refractivity contribution is -0.143. The van der Waals surface area contributed by atoms with Crippen molar-refractivity contribution in [2.24, 2.45) is 0 Å². The highest BCUT2D eigenvalue weighted by Gasteiger charge is 2.26. The second-order valence-corrected chi connectivity index (χ2v) is 5.33. The Morgan fingerprint density at radius 2 is 2.00 bits per heavy atom. The first kappa shape index (κ1) is 14.6. The Morgan fingerprint density at radius 3 is 2.77 bits per heavy atom. The lowest BCUT2D eigenvalue weighted by Gasteiger charge is -2.26. The number of rotatable bonds is 4. The standard InChI is InChI=1S/C18H19NO3/c1-21-18(20)16-10-15-14(11-19-16)8-5-9-17(15)22-12-13-6-3-2-4-7-13/h2-9,16,19H,10-12H2,1H3/t16-/m0/s1. The summed E-state index contributed by atoms with van der Waals surface area (Å²) < 4.78 is 10.8. The molecular formula is C18H19NO3. The fourth-order valence-electron chi connectivity index (χ4n) is 2.70. The van der Waals surface area contributed by atoms with Crippen LogP contribution in [0.2, 0.25) is 0 Å². The minimum Gasteiger partial charge on any atom is -0.489 e. The summed E-state index contributed by atoms with van der Waals surface area (Å²) in [5.41, 5.74) is 3.39. The van der Waals surface area contributed by atoms with E-state index < -0.39 is 0 Å². The van der Waals surface area contributed by atoms with E-state index in [4.69, 9.17) is 9.47 Å². The molecule has 0 spiro atoms. The number of fused-ring (bicyclic) bond motifs is 1. The third-order valence-corrected chi connectivity index (χ3v) is 3.90. The van der Waals surface area contributed by atoms with E-state index in [1.165, 1.54) is 12.7 Å². The monoisotopic (exact) mass is 297 g/mol. The minimum absolute atomic E-state index is 0.233. The zero-order valence-electron chi connectivity index (χ0n) is 12.5. The van der Waals surface area contributed by atoms with Gasteiger partial charge in [0.2, 0.25) is 0 Å². The SMILES string of the molecule is COC(=O)[C@@H]1Cc2c(cccc2OCc2ccccc2)CN1. The maximum absolute atomic E-state index is 11.7. The molecule has 1 heterocycles. The van der Waals surface area contributed by atoms with Crippen LogP contribution in [0, 0.1) is 0 Å². The van der Waals surface area contributed by atoms with Gasteiger partial charge in [-0.15, -0.1) is 0 Å². The molecule has 0 unspecified atom stereocenters. The van der Waals surface area contributed by atoms with Crippen molar-refractivity contribution in [3.8, 4) is 5.75 Å². The van der Waals surface area contributed by atoms with Crippen LogP contribution >= 0.6 is 0 Å².